The maximum absolute atomic E-state index is 10.6. The predicted molar refractivity (Wildman–Crippen MR) is 53.3 cm³/mol. The van der Waals surface area contributed by atoms with Crippen molar-refractivity contribution in [2.45, 2.75) is 6.92 Å². The molecule has 0 unspecified atom stereocenters. The molecule has 0 aromatic carbocycles. The van der Waals surface area contributed by atoms with E-state index < -0.39 is 5.97 Å². The summed E-state index contributed by atoms with van der Waals surface area (Å²) in [5.41, 5.74) is 0. The van der Waals surface area contributed by atoms with Crippen molar-refractivity contribution in [1.29, 1.82) is 0 Å². The summed E-state index contributed by atoms with van der Waals surface area (Å²) in [6.07, 6.45) is 0. The highest BCUT2D eigenvalue weighted by atomic mass is 79.9. The quantitative estimate of drug-likeness (QED) is 0.736. The van der Waals surface area contributed by atoms with Gasteiger partial charge >= 0.3 is 5.97 Å². The van der Waals surface area contributed by atoms with Gasteiger partial charge < -0.3 is 4.74 Å². The van der Waals surface area contributed by atoms with E-state index in [-0.39, 0.29) is 0 Å². The van der Waals surface area contributed by atoms with Gasteiger partial charge in [0, 0.05) is 6.92 Å². The van der Waals surface area contributed by atoms with Crippen LogP contribution in [0.5, 0.6) is 5.75 Å². The number of hydrogen-bond donors (Lipinski definition) is 0. The molecule has 0 aliphatic heterocycles. The molecule has 0 spiro atoms. The van der Waals surface area contributed by atoms with Gasteiger partial charge in [0.1, 0.15) is 8.67 Å². The topological polar surface area (TPSA) is 26.3 Å². The Hall–Kier alpha value is 0.230. The van der Waals surface area contributed by atoms with E-state index in [1.54, 1.807) is 0 Å². The summed E-state index contributed by atoms with van der Waals surface area (Å²) in [7, 11) is 0. The molecule has 0 N–H and O–H groups in total. The number of ether oxygens (including phenoxy) is 1. The Morgan fingerprint density at radius 1 is 1.50 bits per heavy atom. The lowest BCUT2D eigenvalue weighted by Crippen LogP contribution is -2.00. The number of carbonyl (C=O) groups is 1. The Morgan fingerprint density at radius 3 is 2.42 bits per heavy atom. The number of carbonyl (C=O) groups excluding carboxylic acids is 1. The Kier molecular flexibility index (Phi) is 3.40. The summed E-state index contributed by atoms with van der Waals surface area (Å²) in [6.45, 7) is 1.30. The van der Waals surface area contributed by atoms with Crippen molar-refractivity contribution < 1.29 is 9.53 Å². The number of thiophene rings is 1. The summed E-state index contributed by atoms with van der Waals surface area (Å²) >= 11 is 15.7. The van der Waals surface area contributed by atoms with E-state index in [2.05, 4.69) is 15.9 Å². The number of hydrogen-bond acceptors (Lipinski definition) is 3. The molecule has 0 atom stereocenters. The second-order valence-electron chi connectivity index (χ2n) is 1.89. The molecule has 0 radical (unpaired) electrons. The van der Waals surface area contributed by atoms with Crippen LogP contribution in [0.1, 0.15) is 6.92 Å². The minimum atomic E-state index is -0.424. The lowest BCUT2D eigenvalue weighted by molar-refractivity contribution is -0.131. The Balaban J connectivity index is 3.05. The normalized spacial score (nSPS) is 10.0. The van der Waals surface area contributed by atoms with Crippen molar-refractivity contribution in [1.82, 2.24) is 0 Å². The van der Waals surface area contributed by atoms with Crippen LogP contribution in [0.15, 0.2) is 4.47 Å². The second kappa shape index (κ2) is 3.96. The summed E-state index contributed by atoms with van der Waals surface area (Å²) < 4.78 is 6.16. The molecule has 66 valence electrons. The van der Waals surface area contributed by atoms with E-state index in [4.69, 9.17) is 27.9 Å². The molecular weight excluding hydrogens is 287 g/mol. The van der Waals surface area contributed by atoms with Gasteiger partial charge in [-0.25, -0.2) is 0 Å². The van der Waals surface area contributed by atoms with Gasteiger partial charge in [-0.05, 0) is 15.9 Å². The Bertz CT molecular complexity index is 324. The van der Waals surface area contributed by atoms with Crippen LogP contribution in [0.2, 0.25) is 8.67 Å². The van der Waals surface area contributed by atoms with Crippen LogP contribution < -0.4 is 4.74 Å². The first-order chi connectivity index (χ1) is 5.52. The average molecular weight is 290 g/mol. The third kappa shape index (κ3) is 2.13. The average Bonchev–Trinajstić information content (AvgIpc) is 2.16. The largest absolute Gasteiger partial charge is 0.423 e. The van der Waals surface area contributed by atoms with Crippen LogP contribution in [-0.2, 0) is 4.79 Å². The van der Waals surface area contributed by atoms with Crippen molar-refractivity contribution >= 4 is 56.4 Å². The first-order valence-electron chi connectivity index (χ1n) is 2.84. The van der Waals surface area contributed by atoms with Gasteiger partial charge in [0.25, 0.3) is 0 Å². The van der Waals surface area contributed by atoms with Crippen LogP contribution in [0.25, 0.3) is 0 Å². The Morgan fingerprint density at radius 2 is 2.08 bits per heavy atom. The predicted octanol–water partition coefficient (Wildman–Crippen LogP) is 3.74. The van der Waals surface area contributed by atoms with Crippen LogP contribution in [-0.4, -0.2) is 5.97 Å². The highest BCUT2D eigenvalue weighted by molar-refractivity contribution is 9.10. The molecule has 1 aromatic rings. The molecule has 1 aromatic heterocycles. The summed E-state index contributed by atoms with van der Waals surface area (Å²) in [6, 6.07) is 0. The van der Waals surface area contributed by atoms with Crippen molar-refractivity contribution in [3.63, 3.8) is 0 Å². The van der Waals surface area contributed by atoms with Crippen LogP contribution in [0.4, 0.5) is 0 Å². The highest BCUT2D eigenvalue weighted by Crippen LogP contribution is 2.45. The van der Waals surface area contributed by atoms with Gasteiger partial charge in [-0.2, -0.15) is 0 Å². The fraction of sp³-hybridized carbons (Fsp3) is 0.167. The van der Waals surface area contributed by atoms with Gasteiger partial charge in [-0.3, -0.25) is 4.79 Å². The first kappa shape index (κ1) is 10.3. The maximum Gasteiger partial charge on any atom is 0.308 e. The molecule has 0 bridgehead atoms. The molecule has 6 heteroatoms. The highest BCUT2D eigenvalue weighted by Gasteiger charge is 2.16. The van der Waals surface area contributed by atoms with Crippen molar-refractivity contribution in [2.75, 3.05) is 0 Å². The van der Waals surface area contributed by atoms with E-state index in [0.717, 1.165) is 11.3 Å². The molecule has 12 heavy (non-hydrogen) atoms. The van der Waals surface area contributed by atoms with E-state index in [0.29, 0.717) is 18.9 Å². The molecule has 1 rings (SSSR count). The van der Waals surface area contributed by atoms with Crippen molar-refractivity contribution in [3.8, 4) is 5.75 Å². The van der Waals surface area contributed by atoms with E-state index in [1.165, 1.54) is 6.92 Å². The van der Waals surface area contributed by atoms with E-state index in [1.807, 2.05) is 0 Å². The fourth-order valence-corrected chi connectivity index (χ4v) is 2.72. The molecule has 1 heterocycles. The zero-order valence-corrected chi connectivity index (χ0v) is 9.77. The van der Waals surface area contributed by atoms with Crippen molar-refractivity contribution in [2.24, 2.45) is 0 Å². The summed E-state index contributed by atoms with van der Waals surface area (Å²) in [5, 5.41) is 0. The van der Waals surface area contributed by atoms with Crippen molar-refractivity contribution in [3.05, 3.63) is 13.1 Å². The first-order valence-corrected chi connectivity index (χ1v) is 5.20. The molecule has 2 nitrogen and oxygen atoms in total. The minimum Gasteiger partial charge on any atom is -0.423 e. The van der Waals surface area contributed by atoms with Gasteiger partial charge in [0.2, 0.25) is 0 Å². The monoisotopic (exact) mass is 288 g/mol. The van der Waals surface area contributed by atoms with E-state index in [9.17, 15) is 4.79 Å². The number of halogens is 3. The molecule has 0 aliphatic carbocycles. The lowest BCUT2D eigenvalue weighted by atomic mass is 10.6. The zero-order valence-electron chi connectivity index (χ0n) is 5.86. The van der Waals surface area contributed by atoms with Gasteiger partial charge in [0.05, 0.1) is 4.47 Å². The summed E-state index contributed by atoms with van der Waals surface area (Å²) in [4.78, 5) is 10.6. The lowest BCUT2D eigenvalue weighted by Gasteiger charge is -1.98. The molecule has 0 fully saturated rings. The van der Waals surface area contributed by atoms with E-state index >= 15 is 0 Å². The molecule has 0 saturated carbocycles. The third-order valence-corrected chi connectivity index (χ3v) is 3.79. The van der Waals surface area contributed by atoms with Gasteiger partial charge in [0.15, 0.2) is 5.75 Å². The number of rotatable bonds is 1. The third-order valence-electron chi connectivity index (χ3n) is 0.975. The zero-order chi connectivity index (χ0) is 9.30. The van der Waals surface area contributed by atoms with Crippen LogP contribution >= 0.6 is 50.5 Å². The van der Waals surface area contributed by atoms with Crippen LogP contribution in [0.3, 0.4) is 0 Å². The molecular formula is C6H3BrCl2O2S. The molecule has 0 aliphatic rings. The second-order valence-corrected chi connectivity index (χ2v) is 4.90. The molecule has 0 amide bonds. The smallest absolute Gasteiger partial charge is 0.308 e. The SMILES string of the molecule is CC(=O)Oc1c(Cl)sc(Cl)c1Br. The van der Waals surface area contributed by atoms with Crippen LogP contribution in [0, 0.1) is 0 Å². The maximum atomic E-state index is 10.6. The van der Waals surface area contributed by atoms with Gasteiger partial charge in [-0.1, -0.05) is 23.2 Å². The minimum absolute atomic E-state index is 0.291. The molecule has 0 saturated heterocycles. The standard InChI is InChI=1S/C6H3BrCl2O2S/c1-2(10)11-4-3(7)5(8)12-6(4)9/h1H3. The number of esters is 1. The fourth-order valence-electron chi connectivity index (χ4n) is 0.574. The Labute approximate surface area is 91.6 Å². The van der Waals surface area contributed by atoms with Gasteiger partial charge in [-0.15, -0.1) is 11.3 Å². The summed E-state index contributed by atoms with van der Waals surface area (Å²) in [5.74, 6) is -0.133.